The molecule has 0 bridgehead atoms. The molecule has 0 unspecified atom stereocenters. The Morgan fingerprint density at radius 3 is 2.84 bits per heavy atom. The average molecular weight is 252 g/mol. The SMILES string of the molecule is Cn1ccnc(Nc2cccc3cccnc23)c1=O. The number of hydrogen-bond acceptors (Lipinski definition) is 4. The van der Waals surface area contributed by atoms with E-state index in [1.807, 2.05) is 30.3 Å². The Morgan fingerprint density at radius 2 is 1.95 bits per heavy atom. The zero-order chi connectivity index (χ0) is 13.2. The fourth-order valence-electron chi connectivity index (χ4n) is 1.92. The molecular weight excluding hydrogens is 240 g/mol. The Balaban J connectivity index is 2.11. The minimum atomic E-state index is -0.171. The number of benzene rings is 1. The van der Waals surface area contributed by atoms with Crippen molar-refractivity contribution < 1.29 is 0 Å². The fourth-order valence-corrected chi connectivity index (χ4v) is 1.92. The highest BCUT2D eigenvalue weighted by molar-refractivity contribution is 5.91. The summed E-state index contributed by atoms with van der Waals surface area (Å²) in [5, 5.41) is 4.06. The molecule has 0 aliphatic heterocycles. The number of hydrogen-bond donors (Lipinski definition) is 1. The molecule has 94 valence electrons. The monoisotopic (exact) mass is 252 g/mol. The molecule has 0 fully saturated rings. The van der Waals surface area contributed by atoms with Crippen LogP contribution in [0.2, 0.25) is 0 Å². The zero-order valence-electron chi connectivity index (χ0n) is 10.4. The third-order valence-corrected chi connectivity index (χ3v) is 2.90. The number of anilines is 2. The van der Waals surface area contributed by atoms with E-state index in [4.69, 9.17) is 0 Å². The second-order valence-corrected chi connectivity index (χ2v) is 4.20. The van der Waals surface area contributed by atoms with E-state index in [2.05, 4.69) is 15.3 Å². The van der Waals surface area contributed by atoms with Gasteiger partial charge in [-0.3, -0.25) is 9.78 Å². The van der Waals surface area contributed by atoms with E-state index in [0.29, 0.717) is 5.82 Å². The van der Waals surface area contributed by atoms with Crippen LogP contribution < -0.4 is 10.9 Å². The third kappa shape index (κ3) is 2.06. The molecule has 0 aliphatic carbocycles. The Hall–Kier alpha value is -2.69. The number of nitrogens with one attached hydrogen (secondary N) is 1. The predicted molar refractivity (Wildman–Crippen MR) is 74.5 cm³/mol. The summed E-state index contributed by atoms with van der Waals surface area (Å²) in [6.07, 6.45) is 4.93. The Bertz CT molecular complexity index is 789. The number of rotatable bonds is 2. The first-order chi connectivity index (χ1) is 9.25. The van der Waals surface area contributed by atoms with E-state index in [1.165, 1.54) is 4.57 Å². The largest absolute Gasteiger partial charge is 0.334 e. The molecule has 0 aliphatic rings. The smallest absolute Gasteiger partial charge is 0.293 e. The van der Waals surface area contributed by atoms with Gasteiger partial charge in [0.05, 0.1) is 11.2 Å². The van der Waals surface area contributed by atoms with Gasteiger partial charge in [-0.25, -0.2) is 4.98 Å². The highest BCUT2D eigenvalue weighted by Gasteiger charge is 2.06. The summed E-state index contributed by atoms with van der Waals surface area (Å²) < 4.78 is 1.48. The molecule has 0 atom stereocenters. The van der Waals surface area contributed by atoms with Crippen molar-refractivity contribution in [2.75, 3.05) is 5.32 Å². The molecule has 1 aromatic carbocycles. The quantitative estimate of drug-likeness (QED) is 0.758. The highest BCUT2D eigenvalue weighted by Crippen LogP contribution is 2.22. The van der Waals surface area contributed by atoms with Crippen LogP contribution in [-0.4, -0.2) is 14.5 Å². The number of pyridine rings is 1. The van der Waals surface area contributed by atoms with Gasteiger partial charge in [-0.15, -0.1) is 0 Å². The lowest BCUT2D eigenvalue weighted by Crippen LogP contribution is -2.20. The number of aromatic nitrogens is 3. The topological polar surface area (TPSA) is 59.8 Å². The third-order valence-electron chi connectivity index (χ3n) is 2.90. The van der Waals surface area contributed by atoms with E-state index < -0.39 is 0 Å². The molecule has 2 aromatic heterocycles. The maximum absolute atomic E-state index is 11.9. The summed E-state index contributed by atoms with van der Waals surface area (Å²) in [6.45, 7) is 0. The van der Waals surface area contributed by atoms with Gasteiger partial charge in [-0.05, 0) is 12.1 Å². The van der Waals surface area contributed by atoms with Crippen molar-refractivity contribution in [2.24, 2.45) is 7.05 Å². The Morgan fingerprint density at radius 1 is 1.11 bits per heavy atom. The van der Waals surface area contributed by atoms with Crippen molar-refractivity contribution in [2.45, 2.75) is 0 Å². The predicted octanol–water partition coefficient (Wildman–Crippen LogP) is 2.07. The minimum absolute atomic E-state index is 0.171. The van der Waals surface area contributed by atoms with Crippen molar-refractivity contribution in [1.82, 2.24) is 14.5 Å². The van der Waals surface area contributed by atoms with Gasteiger partial charge in [0.1, 0.15) is 0 Å². The van der Waals surface area contributed by atoms with Gasteiger partial charge >= 0.3 is 0 Å². The first kappa shape index (κ1) is 11.4. The van der Waals surface area contributed by atoms with Crippen molar-refractivity contribution in [1.29, 1.82) is 0 Å². The van der Waals surface area contributed by atoms with Gasteiger partial charge in [0.2, 0.25) is 0 Å². The molecule has 19 heavy (non-hydrogen) atoms. The number of aryl methyl sites for hydroxylation is 1. The highest BCUT2D eigenvalue weighted by atomic mass is 16.1. The van der Waals surface area contributed by atoms with Gasteiger partial charge in [-0.2, -0.15) is 0 Å². The van der Waals surface area contributed by atoms with Crippen LogP contribution in [0.5, 0.6) is 0 Å². The normalized spacial score (nSPS) is 10.6. The summed E-state index contributed by atoms with van der Waals surface area (Å²) in [6, 6.07) is 9.63. The summed E-state index contributed by atoms with van der Waals surface area (Å²) in [5.41, 5.74) is 1.42. The summed E-state index contributed by atoms with van der Waals surface area (Å²) in [4.78, 5) is 20.3. The lowest BCUT2D eigenvalue weighted by atomic mass is 10.2. The Kier molecular flexibility index (Phi) is 2.72. The van der Waals surface area contributed by atoms with E-state index >= 15 is 0 Å². The van der Waals surface area contributed by atoms with Crippen molar-refractivity contribution in [3.05, 3.63) is 59.3 Å². The van der Waals surface area contributed by atoms with E-state index in [1.54, 1.807) is 25.6 Å². The summed E-state index contributed by atoms with van der Waals surface area (Å²) in [7, 11) is 1.69. The average Bonchev–Trinajstić information content (AvgIpc) is 2.44. The first-order valence-corrected chi connectivity index (χ1v) is 5.88. The summed E-state index contributed by atoms with van der Waals surface area (Å²) in [5.74, 6) is 0.295. The molecule has 5 heteroatoms. The maximum atomic E-state index is 11.9. The zero-order valence-corrected chi connectivity index (χ0v) is 10.4. The van der Waals surface area contributed by atoms with Crippen LogP contribution >= 0.6 is 0 Å². The standard InChI is InChI=1S/C14H12N4O/c1-18-9-8-16-13(14(18)19)17-11-6-2-4-10-5-3-7-15-12(10)11/h2-9H,1H3,(H,16,17). The van der Waals surface area contributed by atoms with E-state index in [9.17, 15) is 4.79 Å². The number of fused-ring (bicyclic) bond motifs is 1. The van der Waals surface area contributed by atoms with Crippen LogP contribution in [0.25, 0.3) is 10.9 Å². The van der Waals surface area contributed by atoms with Crippen molar-refractivity contribution in [3.8, 4) is 0 Å². The molecule has 2 heterocycles. The molecule has 0 spiro atoms. The van der Waals surface area contributed by atoms with Crippen LogP contribution in [0.15, 0.2) is 53.7 Å². The second kappa shape index (κ2) is 4.53. The summed E-state index contributed by atoms with van der Waals surface area (Å²) >= 11 is 0. The van der Waals surface area contributed by atoms with Gasteiger partial charge < -0.3 is 9.88 Å². The molecule has 0 radical (unpaired) electrons. The van der Waals surface area contributed by atoms with Crippen LogP contribution in [0, 0.1) is 0 Å². The maximum Gasteiger partial charge on any atom is 0.293 e. The molecule has 3 aromatic rings. The van der Waals surface area contributed by atoms with Gasteiger partial charge in [0, 0.05) is 31.0 Å². The van der Waals surface area contributed by atoms with Crippen LogP contribution in [0.3, 0.4) is 0 Å². The molecule has 1 N–H and O–H groups in total. The number of nitrogens with zero attached hydrogens (tertiary/aromatic N) is 3. The fraction of sp³-hybridized carbons (Fsp3) is 0.0714. The van der Waals surface area contributed by atoms with Gasteiger partial charge in [0.25, 0.3) is 5.56 Å². The van der Waals surface area contributed by atoms with Gasteiger partial charge in [0.15, 0.2) is 5.82 Å². The van der Waals surface area contributed by atoms with E-state index in [-0.39, 0.29) is 5.56 Å². The molecule has 0 amide bonds. The van der Waals surface area contributed by atoms with Gasteiger partial charge in [-0.1, -0.05) is 18.2 Å². The lowest BCUT2D eigenvalue weighted by Gasteiger charge is -2.08. The van der Waals surface area contributed by atoms with Crippen LogP contribution in [0.4, 0.5) is 11.5 Å². The molecule has 5 nitrogen and oxygen atoms in total. The second-order valence-electron chi connectivity index (χ2n) is 4.20. The van der Waals surface area contributed by atoms with Crippen LogP contribution in [-0.2, 0) is 7.05 Å². The van der Waals surface area contributed by atoms with Crippen molar-refractivity contribution >= 4 is 22.4 Å². The first-order valence-electron chi connectivity index (χ1n) is 5.88. The molecular formula is C14H12N4O. The molecule has 0 saturated heterocycles. The van der Waals surface area contributed by atoms with Crippen molar-refractivity contribution in [3.63, 3.8) is 0 Å². The molecule has 0 saturated carbocycles. The minimum Gasteiger partial charge on any atom is -0.334 e. The van der Waals surface area contributed by atoms with Crippen LogP contribution in [0.1, 0.15) is 0 Å². The number of para-hydroxylation sites is 1. The lowest BCUT2D eigenvalue weighted by molar-refractivity contribution is 0.845. The Labute approximate surface area is 109 Å². The van der Waals surface area contributed by atoms with E-state index in [0.717, 1.165) is 16.6 Å². The molecule has 3 rings (SSSR count).